The van der Waals surface area contributed by atoms with E-state index in [1.165, 1.54) is 0 Å². The molecule has 0 amide bonds. The molecule has 1 heterocycles. The summed E-state index contributed by atoms with van der Waals surface area (Å²) < 4.78 is 13.5. The van der Waals surface area contributed by atoms with Gasteiger partial charge < -0.3 is 19.4 Å². The van der Waals surface area contributed by atoms with Gasteiger partial charge in [-0.15, -0.1) is 0 Å². The molecule has 0 saturated heterocycles. The quantitative estimate of drug-likeness (QED) is 0.401. The van der Waals surface area contributed by atoms with Crippen LogP contribution in [0.4, 0.5) is 5.95 Å². The Bertz CT molecular complexity index is 1090. The first-order valence-electron chi connectivity index (χ1n) is 10.0. The molecule has 0 spiro atoms. The highest BCUT2D eigenvalue weighted by Crippen LogP contribution is 2.25. The second kappa shape index (κ2) is 9.18. The molecule has 30 heavy (non-hydrogen) atoms. The zero-order valence-corrected chi connectivity index (χ0v) is 17.2. The van der Waals surface area contributed by atoms with E-state index in [0.717, 1.165) is 40.0 Å². The van der Waals surface area contributed by atoms with Crippen LogP contribution in [0.1, 0.15) is 12.5 Å². The third kappa shape index (κ3) is 4.63. The molecule has 0 aliphatic carbocycles. The Morgan fingerprint density at radius 3 is 2.40 bits per heavy atom. The van der Waals surface area contributed by atoms with Crippen LogP contribution in [0.25, 0.3) is 11.3 Å². The van der Waals surface area contributed by atoms with E-state index in [1.807, 2.05) is 80.8 Å². The van der Waals surface area contributed by atoms with Gasteiger partial charge in [-0.3, -0.25) is 0 Å². The summed E-state index contributed by atoms with van der Waals surface area (Å²) in [5.74, 6) is 3.33. The predicted molar refractivity (Wildman–Crippen MR) is 120 cm³/mol. The molecule has 4 rings (SSSR count). The van der Waals surface area contributed by atoms with Gasteiger partial charge in [0.15, 0.2) is 0 Å². The number of ether oxygens (including phenoxy) is 2. The maximum absolute atomic E-state index is 5.92. The van der Waals surface area contributed by atoms with Gasteiger partial charge in [0.1, 0.15) is 17.2 Å². The van der Waals surface area contributed by atoms with Crippen molar-refractivity contribution in [3.8, 4) is 28.5 Å². The fourth-order valence-electron chi connectivity index (χ4n) is 3.26. The Morgan fingerprint density at radius 1 is 0.867 bits per heavy atom. The van der Waals surface area contributed by atoms with Crippen LogP contribution in [0.3, 0.4) is 0 Å². The van der Waals surface area contributed by atoms with Gasteiger partial charge in [0, 0.05) is 19.2 Å². The molecule has 0 saturated carbocycles. The second-order valence-corrected chi connectivity index (χ2v) is 6.90. The molecule has 0 bridgehead atoms. The maximum atomic E-state index is 5.92. The topological polar surface area (TPSA) is 48.3 Å². The van der Waals surface area contributed by atoms with Crippen LogP contribution in [0, 0.1) is 0 Å². The van der Waals surface area contributed by atoms with Gasteiger partial charge in [0.2, 0.25) is 5.95 Å². The fourth-order valence-corrected chi connectivity index (χ4v) is 3.26. The summed E-state index contributed by atoms with van der Waals surface area (Å²) in [6.45, 7) is 3.30. The number of aromatic nitrogens is 2. The molecule has 1 N–H and O–H groups in total. The van der Waals surface area contributed by atoms with Crippen molar-refractivity contribution in [1.82, 2.24) is 9.55 Å². The van der Waals surface area contributed by atoms with E-state index < -0.39 is 0 Å². The van der Waals surface area contributed by atoms with Crippen LogP contribution in [-0.2, 0) is 13.6 Å². The van der Waals surface area contributed by atoms with Crippen LogP contribution in [0.2, 0.25) is 0 Å². The second-order valence-electron chi connectivity index (χ2n) is 6.90. The Labute approximate surface area is 176 Å². The van der Waals surface area contributed by atoms with Crippen LogP contribution < -0.4 is 14.8 Å². The monoisotopic (exact) mass is 399 g/mol. The highest BCUT2D eigenvalue weighted by atomic mass is 16.5. The van der Waals surface area contributed by atoms with Crippen molar-refractivity contribution < 1.29 is 9.47 Å². The SMILES string of the molecule is CCOc1ccc(-c2cnc(NCc3cccc(Oc4ccccc4)c3)n2C)cc1. The first-order chi connectivity index (χ1) is 14.7. The zero-order chi connectivity index (χ0) is 20.8. The van der Waals surface area contributed by atoms with Gasteiger partial charge in [-0.25, -0.2) is 4.98 Å². The van der Waals surface area contributed by atoms with Gasteiger partial charge in [0.05, 0.1) is 18.5 Å². The van der Waals surface area contributed by atoms with E-state index in [-0.39, 0.29) is 0 Å². The predicted octanol–water partition coefficient (Wildman–Crippen LogP) is 5.89. The van der Waals surface area contributed by atoms with Crippen LogP contribution in [0.5, 0.6) is 17.2 Å². The molecular formula is C25H25N3O2. The van der Waals surface area contributed by atoms with Gasteiger partial charge in [0.25, 0.3) is 0 Å². The number of hydrogen-bond donors (Lipinski definition) is 1. The highest BCUT2D eigenvalue weighted by Gasteiger charge is 2.09. The van der Waals surface area contributed by atoms with Crippen molar-refractivity contribution in [2.24, 2.45) is 7.05 Å². The number of anilines is 1. The van der Waals surface area contributed by atoms with Crippen LogP contribution >= 0.6 is 0 Å². The van der Waals surface area contributed by atoms with E-state index >= 15 is 0 Å². The number of para-hydroxylation sites is 1. The molecule has 0 radical (unpaired) electrons. The normalized spacial score (nSPS) is 10.6. The molecule has 0 fully saturated rings. The Morgan fingerprint density at radius 2 is 1.63 bits per heavy atom. The number of hydrogen-bond acceptors (Lipinski definition) is 4. The average molecular weight is 399 g/mol. The highest BCUT2D eigenvalue weighted by molar-refractivity contribution is 5.62. The van der Waals surface area contributed by atoms with E-state index in [1.54, 1.807) is 0 Å². The summed E-state index contributed by atoms with van der Waals surface area (Å²) in [6.07, 6.45) is 1.88. The summed E-state index contributed by atoms with van der Waals surface area (Å²) in [4.78, 5) is 4.55. The zero-order valence-electron chi connectivity index (χ0n) is 17.2. The van der Waals surface area contributed by atoms with E-state index in [4.69, 9.17) is 9.47 Å². The molecule has 0 aliphatic heterocycles. The molecular weight excluding hydrogens is 374 g/mol. The largest absolute Gasteiger partial charge is 0.494 e. The standard InChI is InChI=1S/C25H25N3O2/c1-3-29-21-14-12-20(13-15-21)24-18-27-25(28(24)2)26-17-19-8-7-11-23(16-19)30-22-9-5-4-6-10-22/h4-16,18H,3,17H2,1-2H3,(H,26,27). The number of nitrogens with one attached hydrogen (secondary N) is 1. The first-order valence-corrected chi connectivity index (χ1v) is 10.0. The number of benzene rings is 3. The fraction of sp³-hybridized carbons (Fsp3) is 0.160. The molecule has 0 unspecified atom stereocenters. The Balaban J connectivity index is 1.43. The third-order valence-corrected chi connectivity index (χ3v) is 4.78. The van der Waals surface area contributed by atoms with Gasteiger partial charge in [-0.05, 0) is 61.0 Å². The summed E-state index contributed by atoms with van der Waals surface area (Å²) in [5.41, 5.74) is 3.26. The minimum absolute atomic E-state index is 0.652. The minimum Gasteiger partial charge on any atom is -0.494 e. The average Bonchev–Trinajstić information content (AvgIpc) is 3.14. The minimum atomic E-state index is 0.652. The summed E-state index contributed by atoms with van der Waals surface area (Å²) >= 11 is 0. The van der Waals surface area contributed by atoms with E-state index in [0.29, 0.717) is 13.2 Å². The summed E-state index contributed by atoms with van der Waals surface area (Å²) in [6, 6.07) is 25.9. The lowest BCUT2D eigenvalue weighted by Gasteiger charge is -2.10. The van der Waals surface area contributed by atoms with Gasteiger partial charge in [-0.2, -0.15) is 0 Å². The molecule has 1 aromatic heterocycles. The molecule has 0 atom stereocenters. The smallest absolute Gasteiger partial charge is 0.203 e. The van der Waals surface area contributed by atoms with Gasteiger partial charge >= 0.3 is 0 Å². The van der Waals surface area contributed by atoms with Crippen molar-refractivity contribution in [3.63, 3.8) is 0 Å². The number of imidazole rings is 1. The molecule has 0 aliphatic rings. The molecule has 5 heteroatoms. The summed E-state index contributed by atoms with van der Waals surface area (Å²) in [7, 11) is 2.01. The lowest BCUT2D eigenvalue weighted by Crippen LogP contribution is -2.05. The van der Waals surface area contributed by atoms with E-state index in [2.05, 4.69) is 33.1 Å². The lowest BCUT2D eigenvalue weighted by atomic mass is 10.1. The van der Waals surface area contributed by atoms with Crippen molar-refractivity contribution in [3.05, 3.63) is 90.6 Å². The molecule has 152 valence electrons. The molecule has 3 aromatic carbocycles. The van der Waals surface area contributed by atoms with Crippen LogP contribution in [-0.4, -0.2) is 16.2 Å². The third-order valence-electron chi connectivity index (χ3n) is 4.78. The van der Waals surface area contributed by atoms with Crippen molar-refractivity contribution >= 4 is 5.95 Å². The van der Waals surface area contributed by atoms with Crippen molar-refractivity contribution in [2.45, 2.75) is 13.5 Å². The molecule has 4 aromatic rings. The summed E-state index contributed by atoms with van der Waals surface area (Å²) in [5, 5.41) is 3.41. The maximum Gasteiger partial charge on any atom is 0.203 e. The first kappa shape index (κ1) is 19.6. The van der Waals surface area contributed by atoms with Crippen molar-refractivity contribution in [1.29, 1.82) is 0 Å². The lowest BCUT2D eigenvalue weighted by molar-refractivity contribution is 0.340. The Kier molecular flexibility index (Phi) is 5.99. The van der Waals surface area contributed by atoms with E-state index in [9.17, 15) is 0 Å². The van der Waals surface area contributed by atoms with Gasteiger partial charge in [-0.1, -0.05) is 30.3 Å². The Hall–Kier alpha value is -3.73. The number of rotatable bonds is 8. The van der Waals surface area contributed by atoms with Crippen LogP contribution in [0.15, 0.2) is 85.1 Å². The molecule has 5 nitrogen and oxygen atoms in total. The van der Waals surface area contributed by atoms with Crippen molar-refractivity contribution in [2.75, 3.05) is 11.9 Å². The number of nitrogens with zero attached hydrogens (tertiary/aromatic N) is 2.